The highest BCUT2D eigenvalue weighted by Gasteiger charge is 2.13. The fourth-order valence-corrected chi connectivity index (χ4v) is 2.36. The second-order valence-corrected chi connectivity index (χ2v) is 5.53. The van der Waals surface area contributed by atoms with E-state index in [4.69, 9.17) is 4.74 Å². The first-order valence-electron chi connectivity index (χ1n) is 7.29. The Morgan fingerprint density at radius 3 is 2.26 bits per heavy atom. The van der Waals surface area contributed by atoms with Gasteiger partial charge in [0, 0.05) is 19.8 Å². The molecule has 0 unspecified atom stereocenters. The molecule has 0 radical (unpaired) electrons. The number of anilines is 1. The van der Waals surface area contributed by atoms with Crippen LogP contribution in [0.5, 0.6) is 5.75 Å². The van der Waals surface area contributed by atoms with Crippen LogP contribution >= 0.6 is 0 Å². The minimum atomic E-state index is -0.949. The molecule has 0 aliphatic carbocycles. The molecule has 0 atom stereocenters. The lowest BCUT2D eigenvalue weighted by atomic mass is 9.98. The maximum absolute atomic E-state index is 11.7. The van der Waals surface area contributed by atoms with Gasteiger partial charge in [0.25, 0.3) is 0 Å². The summed E-state index contributed by atoms with van der Waals surface area (Å²) in [5.74, 6) is -0.235. The van der Waals surface area contributed by atoms with E-state index in [1.807, 2.05) is 56.3 Å². The van der Waals surface area contributed by atoms with Gasteiger partial charge in [0.1, 0.15) is 5.75 Å². The number of nitrogens with zero attached hydrogens (tertiary/aromatic N) is 1. The summed E-state index contributed by atoms with van der Waals surface area (Å²) in [6.45, 7) is 1.88. The van der Waals surface area contributed by atoms with E-state index >= 15 is 0 Å². The Kier molecular flexibility index (Phi) is 5.06. The van der Waals surface area contributed by atoms with Crippen LogP contribution in [0.2, 0.25) is 0 Å². The molecule has 0 saturated heterocycles. The molecule has 0 aromatic heterocycles. The van der Waals surface area contributed by atoms with Crippen LogP contribution in [-0.2, 0) is 4.79 Å². The molecule has 120 valence electrons. The lowest BCUT2D eigenvalue weighted by Gasteiger charge is -2.12. The zero-order chi connectivity index (χ0) is 17.0. The van der Waals surface area contributed by atoms with Crippen LogP contribution in [0.1, 0.15) is 16.7 Å². The predicted molar refractivity (Wildman–Crippen MR) is 94.0 cm³/mol. The molecular formula is C19H21NO3. The Morgan fingerprint density at radius 2 is 1.78 bits per heavy atom. The largest absolute Gasteiger partial charge is 0.497 e. The van der Waals surface area contributed by atoms with Gasteiger partial charge in [-0.1, -0.05) is 18.2 Å². The molecule has 0 spiro atoms. The third kappa shape index (κ3) is 3.92. The van der Waals surface area contributed by atoms with Gasteiger partial charge in [0.15, 0.2) is 0 Å². The fourth-order valence-electron chi connectivity index (χ4n) is 2.36. The maximum atomic E-state index is 11.7. The highest BCUT2D eigenvalue weighted by molar-refractivity contribution is 6.21. The number of carboxylic acids is 1. The van der Waals surface area contributed by atoms with Gasteiger partial charge in [-0.3, -0.25) is 0 Å². The normalized spacial score (nSPS) is 11.2. The second-order valence-electron chi connectivity index (χ2n) is 5.53. The summed E-state index contributed by atoms with van der Waals surface area (Å²) in [5.41, 5.74) is 3.74. The van der Waals surface area contributed by atoms with Crippen molar-refractivity contribution >= 4 is 23.3 Å². The molecule has 0 bridgehead atoms. The van der Waals surface area contributed by atoms with E-state index in [1.165, 1.54) is 0 Å². The highest BCUT2D eigenvalue weighted by Crippen LogP contribution is 2.26. The summed E-state index contributed by atoms with van der Waals surface area (Å²) in [4.78, 5) is 13.7. The summed E-state index contributed by atoms with van der Waals surface area (Å²) in [7, 11) is 5.52. The van der Waals surface area contributed by atoms with Gasteiger partial charge in [-0.25, -0.2) is 4.79 Å². The number of methoxy groups -OCH3 is 1. The summed E-state index contributed by atoms with van der Waals surface area (Å²) in [6.07, 6.45) is 1.69. The first kappa shape index (κ1) is 16.6. The third-order valence-corrected chi connectivity index (χ3v) is 3.67. The van der Waals surface area contributed by atoms with Crippen molar-refractivity contribution < 1.29 is 14.6 Å². The minimum absolute atomic E-state index is 0.266. The minimum Gasteiger partial charge on any atom is -0.497 e. The average Bonchev–Trinajstić information content (AvgIpc) is 2.53. The van der Waals surface area contributed by atoms with Crippen LogP contribution in [0.3, 0.4) is 0 Å². The molecule has 4 nitrogen and oxygen atoms in total. The molecule has 1 N–H and O–H groups in total. The van der Waals surface area contributed by atoms with Crippen molar-refractivity contribution in [3.63, 3.8) is 0 Å². The molecule has 0 amide bonds. The number of carbonyl (C=O) groups is 1. The second kappa shape index (κ2) is 7.01. The van der Waals surface area contributed by atoms with E-state index in [0.717, 1.165) is 16.8 Å². The average molecular weight is 311 g/mol. The molecule has 4 heteroatoms. The quantitative estimate of drug-likeness (QED) is 0.676. The van der Waals surface area contributed by atoms with Gasteiger partial charge in [-0.15, -0.1) is 0 Å². The summed E-state index contributed by atoms with van der Waals surface area (Å²) < 4.78 is 5.17. The molecule has 2 aromatic carbocycles. The van der Waals surface area contributed by atoms with Crippen molar-refractivity contribution in [3.8, 4) is 5.75 Å². The SMILES string of the molecule is COc1ccc(/C(=C/c2ccc(N(C)C)cc2)C(=O)O)c(C)c1. The van der Waals surface area contributed by atoms with E-state index < -0.39 is 5.97 Å². The molecule has 23 heavy (non-hydrogen) atoms. The van der Waals surface area contributed by atoms with Crippen molar-refractivity contribution in [2.45, 2.75) is 6.92 Å². The van der Waals surface area contributed by atoms with E-state index in [0.29, 0.717) is 11.3 Å². The summed E-state index contributed by atoms with van der Waals surface area (Å²) in [6, 6.07) is 13.1. The molecule has 0 saturated carbocycles. The number of rotatable bonds is 5. The van der Waals surface area contributed by atoms with Crippen molar-refractivity contribution in [2.24, 2.45) is 0 Å². The van der Waals surface area contributed by atoms with Gasteiger partial charge in [0.05, 0.1) is 12.7 Å². The number of hydrogen-bond acceptors (Lipinski definition) is 3. The van der Waals surface area contributed by atoms with Crippen LogP contribution < -0.4 is 9.64 Å². The van der Waals surface area contributed by atoms with E-state index in [1.54, 1.807) is 25.3 Å². The molecule has 0 fully saturated rings. The lowest BCUT2D eigenvalue weighted by Crippen LogP contribution is -2.08. The number of ether oxygens (including phenoxy) is 1. The van der Waals surface area contributed by atoms with Crippen LogP contribution in [0.15, 0.2) is 42.5 Å². The first-order chi connectivity index (χ1) is 10.9. The zero-order valence-corrected chi connectivity index (χ0v) is 13.8. The van der Waals surface area contributed by atoms with Gasteiger partial charge in [-0.05, 0) is 54.0 Å². The Balaban J connectivity index is 2.44. The lowest BCUT2D eigenvalue weighted by molar-refractivity contribution is -0.130. The Morgan fingerprint density at radius 1 is 1.13 bits per heavy atom. The van der Waals surface area contributed by atoms with Crippen molar-refractivity contribution in [1.29, 1.82) is 0 Å². The molecule has 0 aliphatic rings. The summed E-state index contributed by atoms with van der Waals surface area (Å²) in [5, 5.41) is 9.57. The summed E-state index contributed by atoms with van der Waals surface area (Å²) >= 11 is 0. The Hall–Kier alpha value is -2.75. The van der Waals surface area contributed by atoms with Crippen LogP contribution in [0.25, 0.3) is 11.6 Å². The van der Waals surface area contributed by atoms with Crippen LogP contribution in [-0.4, -0.2) is 32.3 Å². The van der Waals surface area contributed by atoms with E-state index in [2.05, 4.69) is 0 Å². The number of benzene rings is 2. The van der Waals surface area contributed by atoms with Crippen LogP contribution in [0.4, 0.5) is 5.69 Å². The molecule has 0 aliphatic heterocycles. The van der Waals surface area contributed by atoms with Gasteiger partial charge in [0.2, 0.25) is 0 Å². The monoisotopic (exact) mass is 311 g/mol. The smallest absolute Gasteiger partial charge is 0.336 e. The van der Waals surface area contributed by atoms with Crippen LogP contribution in [0, 0.1) is 6.92 Å². The molecular weight excluding hydrogens is 290 g/mol. The van der Waals surface area contributed by atoms with E-state index in [9.17, 15) is 9.90 Å². The zero-order valence-electron chi connectivity index (χ0n) is 13.8. The fraction of sp³-hybridized carbons (Fsp3) is 0.211. The number of aliphatic carboxylic acids is 1. The van der Waals surface area contributed by atoms with Gasteiger partial charge < -0.3 is 14.7 Å². The predicted octanol–water partition coefficient (Wildman–Crippen LogP) is 3.69. The van der Waals surface area contributed by atoms with Crippen molar-refractivity contribution in [3.05, 3.63) is 59.2 Å². The third-order valence-electron chi connectivity index (χ3n) is 3.67. The molecule has 2 aromatic rings. The van der Waals surface area contributed by atoms with E-state index in [-0.39, 0.29) is 5.57 Å². The maximum Gasteiger partial charge on any atom is 0.336 e. The van der Waals surface area contributed by atoms with Crippen molar-refractivity contribution in [1.82, 2.24) is 0 Å². The first-order valence-corrected chi connectivity index (χ1v) is 7.29. The van der Waals surface area contributed by atoms with Crippen molar-refractivity contribution in [2.75, 3.05) is 26.1 Å². The number of carboxylic acid groups (broad SMARTS) is 1. The standard InChI is InChI=1S/C19H21NO3/c1-13-11-16(23-4)9-10-17(13)18(19(21)22)12-14-5-7-15(8-6-14)20(2)3/h5-12H,1-4H3,(H,21,22)/b18-12-. The van der Waals surface area contributed by atoms with Gasteiger partial charge in [-0.2, -0.15) is 0 Å². The Bertz CT molecular complexity index is 731. The Labute approximate surface area is 136 Å². The van der Waals surface area contributed by atoms with Gasteiger partial charge >= 0.3 is 5.97 Å². The number of aryl methyl sites for hydroxylation is 1. The molecule has 2 rings (SSSR count). The highest BCUT2D eigenvalue weighted by atomic mass is 16.5. The molecule has 0 heterocycles. The number of hydrogen-bond donors (Lipinski definition) is 1. The topological polar surface area (TPSA) is 49.8 Å².